The number of nitrogens with one attached hydrogen (secondary N) is 2. The van der Waals surface area contributed by atoms with Gasteiger partial charge in [0, 0.05) is 0 Å². The molecule has 2 amide bonds. The molecule has 0 atom stereocenters. The predicted octanol–water partition coefficient (Wildman–Crippen LogP) is 1.02. The molecule has 10 heteroatoms. The van der Waals surface area contributed by atoms with Gasteiger partial charge in [-0.25, -0.2) is 4.68 Å². The van der Waals surface area contributed by atoms with Crippen LogP contribution in [0.1, 0.15) is 5.56 Å². The third kappa shape index (κ3) is 5.59. The lowest BCUT2D eigenvalue weighted by molar-refractivity contribution is -0.122. The van der Waals surface area contributed by atoms with Gasteiger partial charge >= 0.3 is 0 Å². The van der Waals surface area contributed by atoms with Gasteiger partial charge in [0.15, 0.2) is 0 Å². The minimum Gasteiger partial charge on any atom is -0.495 e. The quantitative estimate of drug-likeness (QED) is 0.496. The van der Waals surface area contributed by atoms with Crippen LogP contribution in [-0.4, -0.2) is 51.4 Å². The van der Waals surface area contributed by atoms with E-state index >= 15 is 0 Å². The summed E-state index contributed by atoms with van der Waals surface area (Å²) in [6.45, 7) is 5.84. The van der Waals surface area contributed by atoms with Crippen LogP contribution < -0.4 is 15.4 Å². The van der Waals surface area contributed by atoms with Gasteiger partial charge in [-0.2, -0.15) is 0 Å². The smallest absolute Gasteiger partial charge is 0.243 e. The number of rotatable bonds is 9. The van der Waals surface area contributed by atoms with E-state index in [1.165, 1.54) is 23.6 Å². The summed E-state index contributed by atoms with van der Waals surface area (Å²) in [4.78, 5) is 23.9. The van der Waals surface area contributed by atoms with Gasteiger partial charge in [-0.15, -0.1) is 11.7 Å². The molecule has 0 unspecified atom stereocenters. The van der Waals surface area contributed by atoms with E-state index in [9.17, 15) is 9.59 Å². The molecule has 2 rings (SSSR count). The molecule has 0 aliphatic rings. The first-order chi connectivity index (χ1) is 12.5. The summed E-state index contributed by atoms with van der Waals surface area (Å²) in [6.07, 6.45) is 1.66. The van der Waals surface area contributed by atoms with Gasteiger partial charge in [0.1, 0.15) is 5.75 Å². The summed E-state index contributed by atoms with van der Waals surface area (Å²) in [6, 6.07) is 5.45. The molecule has 0 aliphatic carbocycles. The standard InChI is InChI=1S/C16H20N6O3S/c1-4-7-22-16(19-20-21-22)26-10-15(24)17-9-14(23)18-12-8-11(2)5-6-13(12)25-3/h4-6,8H,1,7,9-10H2,2-3H3,(H,17,24)(H,18,23). The molecule has 0 saturated heterocycles. The number of aromatic nitrogens is 4. The Balaban J connectivity index is 1.80. The van der Waals surface area contributed by atoms with Crippen LogP contribution in [0.3, 0.4) is 0 Å². The molecule has 1 aromatic carbocycles. The number of nitrogens with zero attached hydrogens (tertiary/aromatic N) is 4. The fourth-order valence-electron chi connectivity index (χ4n) is 2.01. The maximum Gasteiger partial charge on any atom is 0.243 e. The lowest BCUT2D eigenvalue weighted by atomic mass is 10.2. The molecule has 26 heavy (non-hydrogen) atoms. The number of carbonyl (C=O) groups is 2. The van der Waals surface area contributed by atoms with Crippen LogP contribution in [0.2, 0.25) is 0 Å². The minimum atomic E-state index is -0.344. The number of aryl methyl sites for hydroxylation is 1. The average molecular weight is 376 g/mol. The predicted molar refractivity (Wildman–Crippen MR) is 98.1 cm³/mol. The Morgan fingerprint density at radius 2 is 2.19 bits per heavy atom. The number of methoxy groups -OCH3 is 1. The van der Waals surface area contributed by atoms with E-state index in [4.69, 9.17) is 4.74 Å². The first-order valence-corrected chi connectivity index (χ1v) is 8.73. The summed E-state index contributed by atoms with van der Waals surface area (Å²) in [7, 11) is 1.53. The molecular weight excluding hydrogens is 356 g/mol. The fourth-order valence-corrected chi connectivity index (χ4v) is 2.73. The fraction of sp³-hybridized carbons (Fsp3) is 0.312. The van der Waals surface area contributed by atoms with Gasteiger partial charge in [-0.1, -0.05) is 23.9 Å². The van der Waals surface area contributed by atoms with Crippen molar-refractivity contribution in [2.75, 3.05) is 24.7 Å². The molecule has 9 nitrogen and oxygen atoms in total. The van der Waals surface area contributed by atoms with Crippen LogP contribution in [0.5, 0.6) is 5.75 Å². The molecule has 138 valence electrons. The van der Waals surface area contributed by atoms with E-state index in [2.05, 4.69) is 32.7 Å². The monoisotopic (exact) mass is 376 g/mol. The molecule has 2 aromatic rings. The van der Waals surface area contributed by atoms with Gasteiger partial charge in [-0.05, 0) is 35.0 Å². The van der Waals surface area contributed by atoms with Crippen molar-refractivity contribution >= 4 is 29.3 Å². The number of thioether (sulfide) groups is 1. The highest BCUT2D eigenvalue weighted by Gasteiger charge is 2.12. The molecule has 1 aromatic heterocycles. The molecular formula is C16H20N6O3S. The Bertz CT molecular complexity index is 792. The van der Waals surface area contributed by atoms with Crippen LogP contribution in [0.25, 0.3) is 0 Å². The van der Waals surface area contributed by atoms with Crippen molar-refractivity contribution in [3.8, 4) is 5.75 Å². The average Bonchev–Trinajstić information content (AvgIpc) is 3.06. The van der Waals surface area contributed by atoms with E-state index < -0.39 is 0 Å². The van der Waals surface area contributed by atoms with Crippen molar-refractivity contribution in [3.05, 3.63) is 36.4 Å². The Kier molecular flexibility index (Phi) is 7.15. The SMILES string of the molecule is C=CCn1nnnc1SCC(=O)NCC(=O)Nc1cc(C)ccc1OC. The van der Waals surface area contributed by atoms with Crippen LogP contribution in [0.4, 0.5) is 5.69 Å². The topological polar surface area (TPSA) is 111 Å². The number of carbonyl (C=O) groups excluding carboxylic acids is 2. The van der Waals surface area contributed by atoms with Crippen LogP contribution in [0.15, 0.2) is 36.0 Å². The zero-order chi connectivity index (χ0) is 18.9. The third-order valence-electron chi connectivity index (χ3n) is 3.21. The second-order valence-electron chi connectivity index (χ2n) is 5.25. The zero-order valence-electron chi connectivity index (χ0n) is 14.6. The van der Waals surface area contributed by atoms with Gasteiger partial charge in [-0.3, -0.25) is 9.59 Å². The summed E-state index contributed by atoms with van der Waals surface area (Å²) in [5, 5.41) is 16.9. The summed E-state index contributed by atoms with van der Waals surface area (Å²) in [5.41, 5.74) is 1.54. The van der Waals surface area contributed by atoms with Crippen molar-refractivity contribution in [1.29, 1.82) is 0 Å². The van der Waals surface area contributed by atoms with Crippen molar-refractivity contribution in [1.82, 2.24) is 25.5 Å². The Hall–Kier alpha value is -2.88. The Morgan fingerprint density at radius 3 is 2.92 bits per heavy atom. The van der Waals surface area contributed by atoms with E-state index in [0.29, 0.717) is 23.1 Å². The third-order valence-corrected chi connectivity index (χ3v) is 4.17. The number of allylic oxidation sites excluding steroid dienone is 1. The lowest BCUT2D eigenvalue weighted by Crippen LogP contribution is -2.34. The molecule has 0 aliphatic heterocycles. The number of hydrogen-bond acceptors (Lipinski definition) is 7. The summed E-state index contributed by atoms with van der Waals surface area (Å²) in [5.74, 6) is 0.0107. The number of tetrazole rings is 1. The lowest BCUT2D eigenvalue weighted by Gasteiger charge is -2.11. The zero-order valence-corrected chi connectivity index (χ0v) is 15.4. The Labute approximate surface area is 155 Å². The first-order valence-electron chi connectivity index (χ1n) is 7.74. The number of benzene rings is 1. The highest BCUT2D eigenvalue weighted by molar-refractivity contribution is 7.99. The van der Waals surface area contributed by atoms with Crippen molar-refractivity contribution in [2.45, 2.75) is 18.6 Å². The van der Waals surface area contributed by atoms with Gasteiger partial charge in [0.05, 0.1) is 31.6 Å². The van der Waals surface area contributed by atoms with Crippen LogP contribution in [0, 0.1) is 6.92 Å². The van der Waals surface area contributed by atoms with Crippen LogP contribution in [-0.2, 0) is 16.1 Å². The minimum absolute atomic E-state index is 0.0958. The maximum absolute atomic E-state index is 12.0. The molecule has 0 spiro atoms. The molecule has 0 radical (unpaired) electrons. The van der Waals surface area contributed by atoms with E-state index in [-0.39, 0.29) is 24.1 Å². The number of amides is 2. The highest BCUT2D eigenvalue weighted by Crippen LogP contribution is 2.24. The van der Waals surface area contributed by atoms with Gasteiger partial charge in [0.2, 0.25) is 17.0 Å². The van der Waals surface area contributed by atoms with Crippen molar-refractivity contribution in [3.63, 3.8) is 0 Å². The second kappa shape index (κ2) is 9.56. The summed E-state index contributed by atoms with van der Waals surface area (Å²) >= 11 is 1.18. The maximum atomic E-state index is 12.0. The summed E-state index contributed by atoms with van der Waals surface area (Å²) < 4.78 is 6.73. The highest BCUT2D eigenvalue weighted by atomic mass is 32.2. The van der Waals surface area contributed by atoms with E-state index in [1.54, 1.807) is 18.2 Å². The van der Waals surface area contributed by atoms with Crippen molar-refractivity contribution in [2.24, 2.45) is 0 Å². The molecule has 0 fully saturated rings. The molecule has 0 bridgehead atoms. The number of hydrogen-bond donors (Lipinski definition) is 2. The van der Waals surface area contributed by atoms with Crippen molar-refractivity contribution < 1.29 is 14.3 Å². The first kappa shape index (κ1) is 19.4. The van der Waals surface area contributed by atoms with E-state index in [0.717, 1.165) is 5.56 Å². The Morgan fingerprint density at radius 1 is 1.38 bits per heavy atom. The largest absolute Gasteiger partial charge is 0.495 e. The molecule has 1 heterocycles. The molecule has 0 saturated carbocycles. The van der Waals surface area contributed by atoms with E-state index in [1.807, 2.05) is 13.0 Å². The second-order valence-corrected chi connectivity index (χ2v) is 6.19. The molecule has 2 N–H and O–H groups in total. The number of ether oxygens (including phenoxy) is 1. The van der Waals surface area contributed by atoms with Gasteiger partial charge in [0.25, 0.3) is 0 Å². The van der Waals surface area contributed by atoms with Crippen LogP contribution >= 0.6 is 11.8 Å². The van der Waals surface area contributed by atoms with Gasteiger partial charge < -0.3 is 15.4 Å². The normalized spacial score (nSPS) is 10.2. The number of anilines is 1.